The van der Waals surface area contributed by atoms with Gasteiger partial charge < -0.3 is 5.11 Å². The summed E-state index contributed by atoms with van der Waals surface area (Å²) in [6, 6.07) is 9.06. The highest BCUT2D eigenvalue weighted by Crippen LogP contribution is 2.19. The Morgan fingerprint density at radius 3 is 2.65 bits per heavy atom. The molecule has 1 aliphatic rings. The van der Waals surface area contributed by atoms with Crippen molar-refractivity contribution in [2.45, 2.75) is 38.3 Å². The van der Waals surface area contributed by atoms with Gasteiger partial charge in [0.15, 0.2) is 0 Å². The van der Waals surface area contributed by atoms with Crippen molar-refractivity contribution in [3.05, 3.63) is 33.4 Å². The molecule has 1 unspecified atom stereocenters. The van der Waals surface area contributed by atoms with Crippen LogP contribution in [0.1, 0.15) is 31.2 Å². The van der Waals surface area contributed by atoms with Crippen molar-refractivity contribution in [1.29, 1.82) is 0 Å². The minimum absolute atomic E-state index is 0.296. The van der Waals surface area contributed by atoms with Gasteiger partial charge >= 0.3 is 0 Å². The summed E-state index contributed by atoms with van der Waals surface area (Å²) in [5.41, 5.74) is 1.35. The number of aliphatic hydroxyl groups excluding tert-OH is 1. The molecule has 94 valence electrons. The van der Waals surface area contributed by atoms with Crippen molar-refractivity contribution in [2.24, 2.45) is 0 Å². The van der Waals surface area contributed by atoms with Gasteiger partial charge in [0, 0.05) is 16.2 Å². The smallest absolute Gasteiger partial charge is 0.0586 e. The molecule has 0 saturated carbocycles. The SMILES string of the molecule is OCC1CCCCCN1Cc1ccc(I)cc1. The molecule has 1 aromatic rings. The van der Waals surface area contributed by atoms with E-state index >= 15 is 0 Å². The zero-order valence-corrected chi connectivity index (χ0v) is 12.3. The summed E-state index contributed by atoms with van der Waals surface area (Å²) in [5.74, 6) is 0. The molecule has 1 N–H and O–H groups in total. The van der Waals surface area contributed by atoms with E-state index in [0.717, 1.165) is 19.5 Å². The number of benzene rings is 1. The van der Waals surface area contributed by atoms with Crippen LogP contribution < -0.4 is 0 Å². The summed E-state index contributed by atoms with van der Waals surface area (Å²) in [6.45, 7) is 2.39. The lowest BCUT2D eigenvalue weighted by molar-refractivity contribution is 0.118. The zero-order valence-electron chi connectivity index (χ0n) is 10.1. The Bertz CT molecular complexity index is 339. The quantitative estimate of drug-likeness (QED) is 0.852. The minimum atomic E-state index is 0.296. The van der Waals surface area contributed by atoms with Crippen molar-refractivity contribution in [3.63, 3.8) is 0 Å². The predicted molar refractivity (Wildman–Crippen MR) is 78.9 cm³/mol. The molecule has 2 rings (SSSR count). The average Bonchev–Trinajstić information content (AvgIpc) is 2.57. The average molecular weight is 345 g/mol. The predicted octanol–water partition coefficient (Wildman–Crippen LogP) is 3.03. The van der Waals surface area contributed by atoms with Crippen LogP contribution >= 0.6 is 22.6 Å². The van der Waals surface area contributed by atoms with Crippen LogP contribution in [0.15, 0.2) is 24.3 Å². The van der Waals surface area contributed by atoms with Gasteiger partial charge in [0.1, 0.15) is 0 Å². The highest BCUT2D eigenvalue weighted by atomic mass is 127. The van der Waals surface area contributed by atoms with E-state index in [2.05, 4.69) is 51.8 Å². The maximum absolute atomic E-state index is 9.47. The molecule has 0 aromatic heterocycles. The molecule has 3 heteroatoms. The number of likely N-dealkylation sites (tertiary alicyclic amines) is 1. The summed E-state index contributed by atoms with van der Waals surface area (Å²) < 4.78 is 1.28. The molecule has 1 aromatic carbocycles. The number of hydrogen-bond donors (Lipinski definition) is 1. The van der Waals surface area contributed by atoms with Gasteiger partial charge in [-0.3, -0.25) is 4.90 Å². The van der Waals surface area contributed by atoms with Crippen LogP contribution in [-0.4, -0.2) is 29.2 Å². The zero-order chi connectivity index (χ0) is 12.1. The van der Waals surface area contributed by atoms with Crippen LogP contribution in [0.25, 0.3) is 0 Å². The van der Waals surface area contributed by atoms with E-state index in [1.807, 2.05) is 0 Å². The molecule has 1 saturated heterocycles. The molecule has 0 radical (unpaired) electrons. The van der Waals surface area contributed by atoms with Crippen LogP contribution in [0.5, 0.6) is 0 Å². The van der Waals surface area contributed by atoms with E-state index in [4.69, 9.17) is 0 Å². The Balaban J connectivity index is 2.01. The molecule has 0 bridgehead atoms. The summed E-state index contributed by atoms with van der Waals surface area (Å²) >= 11 is 2.33. The first-order valence-corrected chi connectivity index (χ1v) is 7.47. The second kappa shape index (κ2) is 6.71. The molecule has 17 heavy (non-hydrogen) atoms. The topological polar surface area (TPSA) is 23.5 Å². The number of halogens is 1. The third-order valence-corrected chi connectivity index (χ3v) is 4.23. The van der Waals surface area contributed by atoms with Gasteiger partial charge in [0.05, 0.1) is 6.61 Å². The van der Waals surface area contributed by atoms with E-state index < -0.39 is 0 Å². The number of rotatable bonds is 3. The molecule has 0 amide bonds. The van der Waals surface area contributed by atoms with Gasteiger partial charge in [-0.2, -0.15) is 0 Å². The van der Waals surface area contributed by atoms with E-state index in [-0.39, 0.29) is 0 Å². The maximum atomic E-state index is 9.47. The lowest BCUT2D eigenvalue weighted by Crippen LogP contribution is -2.36. The Hall–Kier alpha value is -0.130. The van der Waals surface area contributed by atoms with E-state index in [1.54, 1.807) is 0 Å². The maximum Gasteiger partial charge on any atom is 0.0586 e. The lowest BCUT2D eigenvalue weighted by Gasteiger charge is -2.28. The fourth-order valence-electron chi connectivity index (χ4n) is 2.48. The molecule has 0 aliphatic carbocycles. The van der Waals surface area contributed by atoms with Crippen molar-refractivity contribution in [2.75, 3.05) is 13.2 Å². The molecule has 0 spiro atoms. The van der Waals surface area contributed by atoms with E-state index in [0.29, 0.717) is 12.6 Å². The summed E-state index contributed by atoms with van der Waals surface area (Å²) in [7, 11) is 0. The summed E-state index contributed by atoms with van der Waals surface area (Å²) in [5, 5.41) is 9.47. The molecule has 2 nitrogen and oxygen atoms in total. The Morgan fingerprint density at radius 2 is 1.94 bits per heavy atom. The van der Waals surface area contributed by atoms with E-state index in [9.17, 15) is 5.11 Å². The molecule has 1 fully saturated rings. The standard InChI is InChI=1S/C14H20INO/c15-13-7-5-12(6-8-13)10-16-9-3-1-2-4-14(16)11-17/h5-8,14,17H,1-4,9-11H2. The summed E-state index contributed by atoms with van der Waals surface area (Å²) in [6.07, 6.45) is 4.97. The first-order valence-electron chi connectivity index (χ1n) is 6.39. The van der Waals surface area contributed by atoms with Crippen LogP contribution in [0.2, 0.25) is 0 Å². The van der Waals surface area contributed by atoms with Crippen LogP contribution in [0, 0.1) is 3.57 Å². The Labute approximate surface area is 117 Å². The first kappa shape index (κ1) is 13.3. The number of aliphatic hydroxyl groups is 1. The van der Waals surface area contributed by atoms with E-state index in [1.165, 1.54) is 28.4 Å². The Kier molecular flexibility index (Phi) is 5.25. The molecule has 1 heterocycles. The molecule has 1 aliphatic heterocycles. The van der Waals surface area contributed by atoms with Crippen molar-refractivity contribution >= 4 is 22.6 Å². The molecule has 1 atom stereocenters. The fourth-order valence-corrected chi connectivity index (χ4v) is 2.84. The highest BCUT2D eigenvalue weighted by Gasteiger charge is 2.19. The third kappa shape index (κ3) is 3.93. The second-order valence-electron chi connectivity index (χ2n) is 4.78. The normalized spacial score (nSPS) is 22.4. The van der Waals surface area contributed by atoms with Gasteiger partial charge in [-0.15, -0.1) is 0 Å². The van der Waals surface area contributed by atoms with Gasteiger partial charge in [-0.25, -0.2) is 0 Å². The highest BCUT2D eigenvalue weighted by molar-refractivity contribution is 14.1. The molecular formula is C14H20INO. The van der Waals surface area contributed by atoms with Gasteiger partial charge in [0.2, 0.25) is 0 Å². The van der Waals surface area contributed by atoms with Gasteiger partial charge in [0.25, 0.3) is 0 Å². The third-order valence-electron chi connectivity index (χ3n) is 3.51. The van der Waals surface area contributed by atoms with Crippen molar-refractivity contribution in [3.8, 4) is 0 Å². The van der Waals surface area contributed by atoms with Gasteiger partial charge in [-0.1, -0.05) is 25.0 Å². The fraction of sp³-hybridized carbons (Fsp3) is 0.571. The van der Waals surface area contributed by atoms with Crippen LogP contribution in [-0.2, 0) is 6.54 Å². The molecular weight excluding hydrogens is 325 g/mol. The Morgan fingerprint density at radius 1 is 1.18 bits per heavy atom. The lowest BCUT2D eigenvalue weighted by atomic mass is 10.1. The van der Waals surface area contributed by atoms with Gasteiger partial charge in [-0.05, 0) is 59.7 Å². The monoisotopic (exact) mass is 345 g/mol. The van der Waals surface area contributed by atoms with Crippen molar-refractivity contribution in [1.82, 2.24) is 4.90 Å². The van der Waals surface area contributed by atoms with Crippen molar-refractivity contribution < 1.29 is 5.11 Å². The minimum Gasteiger partial charge on any atom is -0.395 e. The van der Waals surface area contributed by atoms with Crippen LogP contribution in [0.3, 0.4) is 0 Å². The first-order chi connectivity index (χ1) is 8.29. The number of nitrogens with zero attached hydrogens (tertiary/aromatic N) is 1. The largest absolute Gasteiger partial charge is 0.395 e. The summed E-state index contributed by atoms with van der Waals surface area (Å²) in [4.78, 5) is 2.44. The number of hydrogen-bond acceptors (Lipinski definition) is 2. The van der Waals surface area contributed by atoms with Crippen LogP contribution in [0.4, 0.5) is 0 Å². The second-order valence-corrected chi connectivity index (χ2v) is 6.03.